The highest BCUT2D eigenvalue weighted by Gasteiger charge is 2.41. The van der Waals surface area contributed by atoms with Gasteiger partial charge in [0.25, 0.3) is 5.56 Å². The minimum absolute atomic E-state index is 0.00288. The van der Waals surface area contributed by atoms with Gasteiger partial charge in [0.05, 0.1) is 0 Å². The predicted molar refractivity (Wildman–Crippen MR) is 58.2 cm³/mol. The standard InChI is InChI=1S/C10H12ClFN2O2/c1-2-10(3-4-10)5-14-8(15)6(12)7(11)13-9(14)16/h2-5H2,1H3,(H,13,16). The molecule has 1 heterocycles. The average molecular weight is 247 g/mol. The van der Waals surface area contributed by atoms with Crippen LogP contribution in [0, 0.1) is 11.2 Å². The third-order valence-electron chi connectivity index (χ3n) is 3.29. The van der Waals surface area contributed by atoms with Crippen molar-refractivity contribution in [3.63, 3.8) is 0 Å². The van der Waals surface area contributed by atoms with E-state index in [0.29, 0.717) is 0 Å². The number of aromatic amines is 1. The molecule has 1 aliphatic rings. The molecule has 2 rings (SSSR count). The Hall–Kier alpha value is -1.10. The van der Waals surface area contributed by atoms with Gasteiger partial charge in [-0.25, -0.2) is 4.79 Å². The van der Waals surface area contributed by atoms with Gasteiger partial charge < -0.3 is 0 Å². The summed E-state index contributed by atoms with van der Waals surface area (Å²) in [5.41, 5.74) is -1.58. The molecule has 88 valence electrons. The van der Waals surface area contributed by atoms with E-state index in [9.17, 15) is 14.0 Å². The maximum atomic E-state index is 13.2. The molecule has 1 aromatic rings. The molecule has 0 atom stereocenters. The van der Waals surface area contributed by atoms with Crippen LogP contribution in [0.3, 0.4) is 0 Å². The third kappa shape index (κ3) is 1.80. The van der Waals surface area contributed by atoms with E-state index in [1.165, 1.54) is 0 Å². The maximum Gasteiger partial charge on any atom is 0.329 e. The monoisotopic (exact) mass is 246 g/mol. The van der Waals surface area contributed by atoms with Crippen molar-refractivity contribution in [3.05, 3.63) is 31.8 Å². The largest absolute Gasteiger partial charge is 0.329 e. The van der Waals surface area contributed by atoms with Crippen LogP contribution in [0.1, 0.15) is 26.2 Å². The summed E-state index contributed by atoms with van der Waals surface area (Å²) in [6.07, 6.45) is 2.82. The van der Waals surface area contributed by atoms with Crippen molar-refractivity contribution in [1.82, 2.24) is 9.55 Å². The molecule has 0 saturated heterocycles. The molecule has 6 heteroatoms. The molecule has 1 saturated carbocycles. The van der Waals surface area contributed by atoms with Crippen LogP contribution >= 0.6 is 11.6 Å². The molecule has 0 radical (unpaired) electrons. The Morgan fingerprint density at radius 2 is 2.12 bits per heavy atom. The second-order valence-electron chi connectivity index (χ2n) is 4.30. The second-order valence-corrected chi connectivity index (χ2v) is 4.68. The van der Waals surface area contributed by atoms with Gasteiger partial charge in [-0.05, 0) is 24.7 Å². The lowest BCUT2D eigenvalue weighted by Crippen LogP contribution is -2.39. The number of nitrogens with zero attached hydrogens (tertiary/aromatic N) is 1. The van der Waals surface area contributed by atoms with Gasteiger partial charge >= 0.3 is 5.69 Å². The van der Waals surface area contributed by atoms with Crippen LogP contribution in [-0.4, -0.2) is 9.55 Å². The van der Waals surface area contributed by atoms with Gasteiger partial charge in [-0.15, -0.1) is 0 Å². The molecule has 0 aliphatic heterocycles. The van der Waals surface area contributed by atoms with Crippen molar-refractivity contribution < 1.29 is 4.39 Å². The van der Waals surface area contributed by atoms with E-state index in [4.69, 9.17) is 11.6 Å². The number of aromatic nitrogens is 2. The van der Waals surface area contributed by atoms with Crippen LogP contribution in [0.25, 0.3) is 0 Å². The molecule has 16 heavy (non-hydrogen) atoms. The first kappa shape index (κ1) is 11.4. The summed E-state index contributed by atoms with van der Waals surface area (Å²) in [6.45, 7) is 2.27. The van der Waals surface area contributed by atoms with Crippen LogP contribution in [0.4, 0.5) is 4.39 Å². The fraction of sp³-hybridized carbons (Fsp3) is 0.600. The molecule has 0 unspecified atom stereocenters. The van der Waals surface area contributed by atoms with Crippen molar-refractivity contribution in [3.8, 4) is 0 Å². The molecular formula is C10H12ClFN2O2. The second kappa shape index (κ2) is 3.73. The predicted octanol–water partition coefficient (Wildman–Crippen LogP) is 1.52. The lowest BCUT2D eigenvalue weighted by atomic mass is 10.0. The van der Waals surface area contributed by atoms with Crippen LogP contribution in [0.15, 0.2) is 9.59 Å². The highest BCUT2D eigenvalue weighted by atomic mass is 35.5. The minimum Gasteiger partial charge on any atom is -0.295 e. The first-order chi connectivity index (χ1) is 7.49. The third-order valence-corrected chi connectivity index (χ3v) is 3.55. The topological polar surface area (TPSA) is 54.9 Å². The lowest BCUT2D eigenvalue weighted by Gasteiger charge is -2.13. The van der Waals surface area contributed by atoms with Gasteiger partial charge in [-0.2, -0.15) is 4.39 Å². The highest BCUT2D eigenvalue weighted by molar-refractivity contribution is 6.29. The zero-order valence-electron chi connectivity index (χ0n) is 8.85. The summed E-state index contributed by atoms with van der Waals surface area (Å²) in [7, 11) is 0. The summed E-state index contributed by atoms with van der Waals surface area (Å²) >= 11 is 5.37. The summed E-state index contributed by atoms with van der Waals surface area (Å²) in [5, 5.41) is -0.521. The fourth-order valence-corrected chi connectivity index (χ4v) is 1.96. The first-order valence-electron chi connectivity index (χ1n) is 5.17. The summed E-state index contributed by atoms with van der Waals surface area (Å²) in [6, 6.07) is 0. The van der Waals surface area contributed by atoms with Gasteiger partial charge in [0.15, 0.2) is 5.15 Å². The van der Waals surface area contributed by atoms with Crippen LogP contribution in [0.5, 0.6) is 0 Å². The molecule has 0 aromatic carbocycles. The van der Waals surface area contributed by atoms with Crippen molar-refractivity contribution in [2.45, 2.75) is 32.7 Å². The summed E-state index contributed by atoms with van der Waals surface area (Å²) in [5.74, 6) is -1.09. The summed E-state index contributed by atoms with van der Waals surface area (Å²) in [4.78, 5) is 25.1. The van der Waals surface area contributed by atoms with Crippen LogP contribution in [-0.2, 0) is 6.54 Å². The molecule has 1 fully saturated rings. The Morgan fingerprint density at radius 1 is 1.50 bits per heavy atom. The molecule has 0 amide bonds. The van der Waals surface area contributed by atoms with Gasteiger partial charge in [0.1, 0.15) is 0 Å². The Balaban J connectivity index is 2.46. The Bertz CT molecular complexity index is 531. The quantitative estimate of drug-likeness (QED) is 0.822. The van der Waals surface area contributed by atoms with E-state index in [1.807, 2.05) is 6.92 Å². The van der Waals surface area contributed by atoms with Crippen molar-refractivity contribution >= 4 is 11.6 Å². The number of H-pyrrole nitrogens is 1. The molecule has 0 bridgehead atoms. The SMILES string of the molecule is CCC1(Cn2c(=O)[nH]c(Cl)c(F)c2=O)CC1. The van der Waals surface area contributed by atoms with Gasteiger partial charge in [-0.1, -0.05) is 18.5 Å². The van der Waals surface area contributed by atoms with E-state index in [1.54, 1.807) is 0 Å². The number of hydrogen-bond donors (Lipinski definition) is 1. The molecule has 1 N–H and O–H groups in total. The van der Waals surface area contributed by atoms with E-state index >= 15 is 0 Å². The van der Waals surface area contributed by atoms with Crippen LogP contribution < -0.4 is 11.2 Å². The normalized spacial score (nSPS) is 17.4. The van der Waals surface area contributed by atoms with E-state index in [2.05, 4.69) is 4.98 Å². The van der Waals surface area contributed by atoms with Crippen molar-refractivity contribution in [1.29, 1.82) is 0 Å². The Morgan fingerprint density at radius 3 is 2.62 bits per heavy atom. The number of rotatable bonds is 3. The van der Waals surface area contributed by atoms with Crippen molar-refractivity contribution in [2.75, 3.05) is 0 Å². The number of hydrogen-bond acceptors (Lipinski definition) is 2. The van der Waals surface area contributed by atoms with Crippen molar-refractivity contribution in [2.24, 2.45) is 5.41 Å². The number of halogens is 2. The molecule has 4 nitrogen and oxygen atoms in total. The van der Waals surface area contributed by atoms with Gasteiger partial charge in [-0.3, -0.25) is 14.3 Å². The minimum atomic E-state index is -1.09. The molecule has 0 spiro atoms. The molecule has 1 aliphatic carbocycles. The van der Waals surface area contributed by atoms with E-state index in [-0.39, 0.29) is 12.0 Å². The van der Waals surface area contributed by atoms with E-state index < -0.39 is 22.2 Å². The van der Waals surface area contributed by atoms with Gasteiger partial charge in [0.2, 0.25) is 5.82 Å². The van der Waals surface area contributed by atoms with Crippen LogP contribution in [0.2, 0.25) is 5.15 Å². The zero-order chi connectivity index (χ0) is 11.9. The first-order valence-corrected chi connectivity index (χ1v) is 5.55. The molecule has 1 aromatic heterocycles. The lowest BCUT2D eigenvalue weighted by molar-refractivity contribution is 0.383. The molecular weight excluding hydrogens is 235 g/mol. The smallest absolute Gasteiger partial charge is 0.295 e. The Kier molecular flexibility index (Phi) is 2.66. The fourth-order valence-electron chi connectivity index (χ4n) is 1.80. The average Bonchev–Trinajstić information content (AvgIpc) is 3.02. The van der Waals surface area contributed by atoms with Gasteiger partial charge in [0, 0.05) is 6.54 Å². The Labute approximate surface area is 96.1 Å². The summed E-state index contributed by atoms with van der Waals surface area (Å²) < 4.78 is 14.1. The number of nitrogens with one attached hydrogen (secondary N) is 1. The zero-order valence-corrected chi connectivity index (χ0v) is 9.60. The van der Waals surface area contributed by atoms with E-state index in [0.717, 1.165) is 23.8 Å². The highest BCUT2D eigenvalue weighted by Crippen LogP contribution is 2.49. The maximum absolute atomic E-state index is 13.2.